The maximum absolute atomic E-state index is 10.8. The number of benzene rings is 1. The van der Waals surface area contributed by atoms with E-state index in [2.05, 4.69) is 4.98 Å². The van der Waals surface area contributed by atoms with Gasteiger partial charge in [0.05, 0.1) is 17.1 Å². The highest BCUT2D eigenvalue weighted by Gasteiger charge is 2.15. The standard InChI is InChI=1S/C13H13NO2S/c1-8-5-3-4-6-10(8)13-11(7-12(15)16)17-9(2)14-13/h3-6H,7H2,1-2H3,(H,15,16). The molecule has 1 N–H and O–H groups in total. The molecular weight excluding hydrogens is 234 g/mol. The number of carboxylic acids is 1. The number of aryl methyl sites for hydroxylation is 2. The van der Waals surface area contributed by atoms with Crippen LogP contribution in [0.3, 0.4) is 0 Å². The molecule has 0 aliphatic rings. The zero-order chi connectivity index (χ0) is 12.4. The van der Waals surface area contributed by atoms with E-state index in [1.165, 1.54) is 11.3 Å². The Bertz CT molecular complexity index is 560. The lowest BCUT2D eigenvalue weighted by atomic mass is 10.0. The van der Waals surface area contributed by atoms with Crippen LogP contribution in [0, 0.1) is 13.8 Å². The Labute approximate surface area is 104 Å². The van der Waals surface area contributed by atoms with Crippen LogP contribution in [0.4, 0.5) is 0 Å². The van der Waals surface area contributed by atoms with Crippen molar-refractivity contribution in [3.05, 3.63) is 39.7 Å². The van der Waals surface area contributed by atoms with E-state index in [1.54, 1.807) is 0 Å². The Kier molecular flexibility index (Phi) is 3.24. The topological polar surface area (TPSA) is 50.2 Å². The molecule has 0 unspecified atom stereocenters. The van der Waals surface area contributed by atoms with Crippen LogP contribution in [0.15, 0.2) is 24.3 Å². The number of hydrogen-bond acceptors (Lipinski definition) is 3. The van der Waals surface area contributed by atoms with Gasteiger partial charge in [-0.3, -0.25) is 4.79 Å². The number of hydrogen-bond donors (Lipinski definition) is 1. The third kappa shape index (κ3) is 2.53. The van der Waals surface area contributed by atoms with E-state index in [4.69, 9.17) is 5.11 Å². The minimum Gasteiger partial charge on any atom is -0.481 e. The second-order valence-electron chi connectivity index (χ2n) is 3.89. The predicted molar refractivity (Wildman–Crippen MR) is 68.4 cm³/mol. The van der Waals surface area contributed by atoms with Crippen molar-refractivity contribution < 1.29 is 9.90 Å². The molecule has 2 rings (SSSR count). The molecule has 0 atom stereocenters. The summed E-state index contributed by atoms with van der Waals surface area (Å²) in [5, 5.41) is 9.80. The molecule has 1 heterocycles. The molecule has 0 spiro atoms. The summed E-state index contributed by atoms with van der Waals surface area (Å²) in [6.07, 6.45) is 0.0369. The van der Waals surface area contributed by atoms with Gasteiger partial charge in [-0.05, 0) is 19.4 Å². The van der Waals surface area contributed by atoms with Crippen LogP contribution in [0.5, 0.6) is 0 Å². The lowest BCUT2D eigenvalue weighted by Crippen LogP contribution is -1.99. The Balaban J connectivity index is 2.51. The van der Waals surface area contributed by atoms with Crippen LogP contribution in [-0.2, 0) is 11.2 Å². The zero-order valence-corrected chi connectivity index (χ0v) is 10.5. The minimum absolute atomic E-state index is 0.0369. The summed E-state index contributed by atoms with van der Waals surface area (Å²) >= 11 is 1.45. The minimum atomic E-state index is -0.816. The van der Waals surface area contributed by atoms with Gasteiger partial charge in [0.25, 0.3) is 0 Å². The second-order valence-corrected chi connectivity index (χ2v) is 5.18. The van der Waals surface area contributed by atoms with Gasteiger partial charge in [-0.15, -0.1) is 11.3 Å². The van der Waals surface area contributed by atoms with Crippen molar-refractivity contribution in [2.45, 2.75) is 20.3 Å². The average Bonchev–Trinajstić information content (AvgIpc) is 2.59. The smallest absolute Gasteiger partial charge is 0.308 e. The van der Waals surface area contributed by atoms with Gasteiger partial charge in [-0.2, -0.15) is 0 Å². The lowest BCUT2D eigenvalue weighted by Gasteiger charge is -2.04. The first kappa shape index (κ1) is 11.8. The molecule has 0 bridgehead atoms. The summed E-state index contributed by atoms with van der Waals surface area (Å²) in [5.41, 5.74) is 2.95. The van der Waals surface area contributed by atoms with Crippen molar-refractivity contribution in [1.82, 2.24) is 4.98 Å². The SMILES string of the molecule is Cc1nc(-c2ccccc2C)c(CC(=O)O)s1. The molecule has 0 saturated heterocycles. The first-order valence-electron chi connectivity index (χ1n) is 5.32. The monoisotopic (exact) mass is 247 g/mol. The molecule has 0 saturated carbocycles. The van der Waals surface area contributed by atoms with Crippen LogP contribution < -0.4 is 0 Å². The maximum atomic E-state index is 10.8. The fourth-order valence-corrected chi connectivity index (χ4v) is 2.72. The molecule has 0 aliphatic heterocycles. The Hall–Kier alpha value is -1.68. The van der Waals surface area contributed by atoms with Crippen molar-refractivity contribution in [3.8, 4) is 11.3 Å². The number of carboxylic acid groups (broad SMARTS) is 1. The molecule has 0 amide bonds. The molecule has 4 heteroatoms. The fraction of sp³-hybridized carbons (Fsp3) is 0.231. The highest BCUT2D eigenvalue weighted by molar-refractivity contribution is 7.12. The largest absolute Gasteiger partial charge is 0.481 e. The molecular formula is C13H13NO2S. The van der Waals surface area contributed by atoms with E-state index >= 15 is 0 Å². The number of carbonyl (C=O) groups is 1. The second kappa shape index (κ2) is 4.67. The Morgan fingerprint density at radius 3 is 2.71 bits per heavy atom. The third-order valence-corrected chi connectivity index (χ3v) is 3.49. The van der Waals surface area contributed by atoms with Gasteiger partial charge >= 0.3 is 5.97 Å². The van der Waals surface area contributed by atoms with Crippen LogP contribution in [0.2, 0.25) is 0 Å². The van der Waals surface area contributed by atoms with Gasteiger partial charge < -0.3 is 5.11 Å². The van der Waals surface area contributed by atoms with Crippen molar-refractivity contribution in [1.29, 1.82) is 0 Å². The van der Waals surface area contributed by atoms with Crippen LogP contribution in [0.25, 0.3) is 11.3 Å². The van der Waals surface area contributed by atoms with E-state index in [0.29, 0.717) is 0 Å². The Morgan fingerprint density at radius 2 is 2.06 bits per heavy atom. The van der Waals surface area contributed by atoms with Crippen molar-refractivity contribution in [2.75, 3.05) is 0 Å². The molecule has 2 aromatic rings. The quantitative estimate of drug-likeness (QED) is 0.906. The number of aromatic nitrogens is 1. The summed E-state index contributed by atoms with van der Waals surface area (Å²) in [4.78, 5) is 16.1. The van der Waals surface area contributed by atoms with Crippen LogP contribution in [-0.4, -0.2) is 16.1 Å². The first-order chi connectivity index (χ1) is 8.08. The predicted octanol–water partition coefficient (Wildman–Crippen LogP) is 3.05. The summed E-state index contributed by atoms with van der Waals surface area (Å²) in [7, 11) is 0. The average molecular weight is 247 g/mol. The van der Waals surface area contributed by atoms with Crippen LogP contribution >= 0.6 is 11.3 Å². The summed E-state index contributed by atoms with van der Waals surface area (Å²) in [6.45, 7) is 3.91. The number of aliphatic carboxylic acids is 1. The van der Waals surface area contributed by atoms with Gasteiger partial charge in [0.2, 0.25) is 0 Å². The summed E-state index contributed by atoms with van der Waals surface area (Å²) in [5.74, 6) is -0.816. The van der Waals surface area contributed by atoms with Gasteiger partial charge in [-0.25, -0.2) is 4.98 Å². The molecule has 1 aromatic heterocycles. The van der Waals surface area contributed by atoms with Crippen LogP contribution in [0.1, 0.15) is 15.4 Å². The molecule has 1 aromatic carbocycles. The Morgan fingerprint density at radius 1 is 1.35 bits per heavy atom. The van der Waals surface area contributed by atoms with E-state index in [1.807, 2.05) is 38.1 Å². The first-order valence-corrected chi connectivity index (χ1v) is 6.13. The van der Waals surface area contributed by atoms with Crippen molar-refractivity contribution >= 4 is 17.3 Å². The van der Waals surface area contributed by atoms with Crippen molar-refractivity contribution in [3.63, 3.8) is 0 Å². The van der Waals surface area contributed by atoms with Gasteiger partial charge in [0.15, 0.2) is 0 Å². The zero-order valence-electron chi connectivity index (χ0n) is 9.73. The highest BCUT2D eigenvalue weighted by atomic mass is 32.1. The molecule has 0 aliphatic carbocycles. The van der Waals surface area contributed by atoms with Gasteiger partial charge in [0.1, 0.15) is 0 Å². The normalized spacial score (nSPS) is 10.5. The summed E-state index contributed by atoms with van der Waals surface area (Å²) < 4.78 is 0. The molecule has 0 radical (unpaired) electrons. The number of nitrogens with zero attached hydrogens (tertiary/aromatic N) is 1. The number of thiazole rings is 1. The van der Waals surface area contributed by atoms with E-state index in [0.717, 1.165) is 26.7 Å². The summed E-state index contributed by atoms with van der Waals surface area (Å²) in [6, 6.07) is 7.90. The maximum Gasteiger partial charge on any atom is 0.308 e. The van der Waals surface area contributed by atoms with E-state index in [9.17, 15) is 4.79 Å². The molecule has 17 heavy (non-hydrogen) atoms. The molecule has 3 nitrogen and oxygen atoms in total. The molecule has 0 fully saturated rings. The lowest BCUT2D eigenvalue weighted by molar-refractivity contribution is -0.136. The van der Waals surface area contributed by atoms with Gasteiger partial charge in [0, 0.05) is 10.4 Å². The van der Waals surface area contributed by atoms with E-state index in [-0.39, 0.29) is 6.42 Å². The fourth-order valence-electron chi connectivity index (χ4n) is 1.78. The highest BCUT2D eigenvalue weighted by Crippen LogP contribution is 2.30. The van der Waals surface area contributed by atoms with Gasteiger partial charge in [-0.1, -0.05) is 24.3 Å². The third-order valence-electron chi connectivity index (χ3n) is 2.52. The van der Waals surface area contributed by atoms with E-state index < -0.39 is 5.97 Å². The number of rotatable bonds is 3. The molecule has 88 valence electrons. The van der Waals surface area contributed by atoms with Crippen molar-refractivity contribution in [2.24, 2.45) is 0 Å².